The van der Waals surface area contributed by atoms with Crippen LogP contribution < -0.4 is 5.32 Å². The largest absolute Gasteiger partial charge is 0.481 e. The maximum absolute atomic E-state index is 11.8. The Kier molecular flexibility index (Phi) is 4.69. The highest BCUT2D eigenvalue weighted by Gasteiger charge is 2.19. The van der Waals surface area contributed by atoms with Crippen LogP contribution in [0, 0.1) is 5.92 Å². The summed E-state index contributed by atoms with van der Waals surface area (Å²) in [4.78, 5) is 22.5. The minimum absolute atomic E-state index is 0.0593. The molecule has 1 amide bonds. The molecule has 0 fully saturated rings. The molecule has 0 radical (unpaired) electrons. The third-order valence-corrected chi connectivity index (χ3v) is 2.55. The highest BCUT2D eigenvalue weighted by Crippen LogP contribution is 2.08. The van der Waals surface area contributed by atoms with Crippen LogP contribution in [0.5, 0.6) is 0 Å². The van der Waals surface area contributed by atoms with Crippen molar-refractivity contribution in [3.63, 3.8) is 0 Å². The average molecular weight is 235 g/mol. The summed E-state index contributed by atoms with van der Waals surface area (Å²) in [5.74, 6) is -1.05. The van der Waals surface area contributed by atoms with Crippen molar-refractivity contribution in [3.05, 3.63) is 35.9 Å². The first-order chi connectivity index (χ1) is 8.00. The van der Waals surface area contributed by atoms with Crippen molar-refractivity contribution in [1.82, 2.24) is 5.32 Å². The Labute approximate surface area is 101 Å². The zero-order valence-corrected chi connectivity index (χ0v) is 10.0. The van der Waals surface area contributed by atoms with E-state index in [-0.39, 0.29) is 24.3 Å². The summed E-state index contributed by atoms with van der Waals surface area (Å²) >= 11 is 0. The van der Waals surface area contributed by atoms with Crippen LogP contribution in [0.25, 0.3) is 0 Å². The van der Waals surface area contributed by atoms with Gasteiger partial charge in [0.1, 0.15) is 0 Å². The van der Waals surface area contributed by atoms with Crippen molar-refractivity contribution in [2.24, 2.45) is 5.92 Å². The van der Waals surface area contributed by atoms with Crippen LogP contribution in [0.3, 0.4) is 0 Å². The Morgan fingerprint density at radius 1 is 1.24 bits per heavy atom. The zero-order valence-electron chi connectivity index (χ0n) is 10.0. The van der Waals surface area contributed by atoms with Gasteiger partial charge in [-0.1, -0.05) is 32.0 Å². The lowest BCUT2D eigenvalue weighted by Gasteiger charge is -2.20. The second-order valence-electron chi connectivity index (χ2n) is 4.29. The summed E-state index contributed by atoms with van der Waals surface area (Å²) in [6, 6.07) is 8.43. The summed E-state index contributed by atoms with van der Waals surface area (Å²) < 4.78 is 0. The van der Waals surface area contributed by atoms with Gasteiger partial charge in [0.15, 0.2) is 0 Å². The van der Waals surface area contributed by atoms with E-state index in [0.29, 0.717) is 5.56 Å². The highest BCUT2D eigenvalue weighted by molar-refractivity contribution is 5.94. The zero-order chi connectivity index (χ0) is 12.8. The number of aliphatic carboxylic acids is 1. The van der Waals surface area contributed by atoms with E-state index >= 15 is 0 Å². The van der Waals surface area contributed by atoms with E-state index in [1.807, 2.05) is 19.9 Å². The molecule has 0 aromatic heterocycles. The number of nitrogens with one attached hydrogen (secondary N) is 1. The lowest BCUT2D eigenvalue weighted by molar-refractivity contribution is -0.137. The second-order valence-corrected chi connectivity index (χ2v) is 4.29. The van der Waals surface area contributed by atoms with Gasteiger partial charge in [0.25, 0.3) is 5.91 Å². The number of carboxylic acids is 1. The Balaban J connectivity index is 2.68. The SMILES string of the molecule is CC(C)[C@H](CC(=O)O)NC(=O)c1ccccc1. The van der Waals surface area contributed by atoms with Gasteiger partial charge in [0, 0.05) is 11.6 Å². The minimum atomic E-state index is -0.905. The molecule has 0 saturated heterocycles. The third kappa shape index (κ3) is 4.26. The molecule has 4 nitrogen and oxygen atoms in total. The number of hydrogen-bond acceptors (Lipinski definition) is 2. The second kappa shape index (κ2) is 6.03. The van der Waals surface area contributed by atoms with E-state index in [1.54, 1.807) is 24.3 Å². The van der Waals surface area contributed by atoms with Crippen LogP contribution in [0.2, 0.25) is 0 Å². The highest BCUT2D eigenvalue weighted by atomic mass is 16.4. The summed E-state index contributed by atoms with van der Waals surface area (Å²) in [7, 11) is 0. The maximum Gasteiger partial charge on any atom is 0.305 e. The summed E-state index contributed by atoms with van der Waals surface area (Å²) in [5, 5.41) is 11.5. The van der Waals surface area contributed by atoms with E-state index < -0.39 is 5.97 Å². The number of benzene rings is 1. The van der Waals surface area contributed by atoms with Crippen LogP contribution in [0.1, 0.15) is 30.6 Å². The molecule has 4 heteroatoms. The number of carboxylic acid groups (broad SMARTS) is 1. The number of rotatable bonds is 5. The van der Waals surface area contributed by atoms with Gasteiger partial charge >= 0.3 is 5.97 Å². The molecule has 2 N–H and O–H groups in total. The van der Waals surface area contributed by atoms with Gasteiger partial charge in [-0.15, -0.1) is 0 Å². The van der Waals surface area contributed by atoms with Gasteiger partial charge in [-0.25, -0.2) is 0 Å². The predicted octanol–water partition coefficient (Wildman–Crippen LogP) is 1.92. The molecule has 0 unspecified atom stereocenters. The fraction of sp³-hybridized carbons (Fsp3) is 0.385. The van der Waals surface area contributed by atoms with Crippen molar-refractivity contribution >= 4 is 11.9 Å². The van der Waals surface area contributed by atoms with Gasteiger partial charge in [0.05, 0.1) is 6.42 Å². The van der Waals surface area contributed by atoms with E-state index in [9.17, 15) is 9.59 Å². The molecule has 0 heterocycles. The Hall–Kier alpha value is -1.84. The van der Waals surface area contributed by atoms with E-state index in [2.05, 4.69) is 5.32 Å². The van der Waals surface area contributed by atoms with E-state index in [1.165, 1.54) is 0 Å². The van der Waals surface area contributed by atoms with Crippen molar-refractivity contribution < 1.29 is 14.7 Å². The fourth-order valence-corrected chi connectivity index (χ4v) is 1.48. The van der Waals surface area contributed by atoms with E-state index in [4.69, 9.17) is 5.11 Å². The average Bonchev–Trinajstić information content (AvgIpc) is 2.28. The summed E-state index contributed by atoms with van der Waals surface area (Å²) in [5.41, 5.74) is 0.545. The smallest absolute Gasteiger partial charge is 0.305 e. The Morgan fingerprint density at radius 3 is 2.29 bits per heavy atom. The number of carbonyl (C=O) groups is 2. The van der Waals surface area contributed by atoms with E-state index in [0.717, 1.165) is 0 Å². The quantitative estimate of drug-likeness (QED) is 0.819. The standard InChI is InChI=1S/C13H17NO3/c1-9(2)11(8-12(15)16)14-13(17)10-6-4-3-5-7-10/h3-7,9,11H,8H2,1-2H3,(H,14,17)(H,15,16)/t11-/m0/s1. The molecule has 1 aromatic carbocycles. The third-order valence-electron chi connectivity index (χ3n) is 2.55. The first-order valence-corrected chi connectivity index (χ1v) is 5.58. The van der Waals surface area contributed by atoms with Crippen LogP contribution in [-0.4, -0.2) is 23.0 Å². The maximum atomic E-state index is 11.8. The molecule has 0 aliphatic rings. The van der Waals surface area contributed by atoms with Crippen molar-refractivity contribution in [3.8, 4) is 0 Å². The topological polar surface area (TPSA) is 66.4 Å². The van der Waals surface area contributed by atoms with Gasteiger partial charge in [-0.3, -0.25) is 9.59 Å². The molecule has 1 aromatic rings. The van der Waals surface area contributed by atoms with Crippen molar-refractivity contribution in [1.29, 1.82) is 0 Å². The van der Waals surface area contributed by atoms with Crippen LogP contribution >= 0.6 is 0 Å². The molecule has 0 bridgehead atoms. The summed E-state index contributed by atoms with van der Waals surface area (Å²) in [6.07, 6.45) is -0.0593. The monoisotopic (exact) mass is 235 g/mol. The first kappa shape index (κ1) is 13.2. The normalized spacial score (nSPS) is 12.2. The fourth-order valence-electron chi connectivity index (χ4n) is 1.48. The Bertz CT molecular complexity index is 387. The molecule has 0 aliphatic carbocycles. The van der Waals surface area contributed by atoms with Gasteiger partial charge in [-0.05, 0) is 18.1 Å². The van der Waals surface area contributed by atoms with Crippen LogP contribution in [0.4, 0.5) is 0 Å². The number of carbonyl (C=O) groups excluding carboxylic acids is 1. The predicted molar refractivity (Wildman–Crippen MR) is 64.8 cm³/mol. The molecular formula is C13H17NO3. The van der Waals surface area contributed by atoms with Crippen molar-refractivity contribution in [2.45, 2.75) is 26.3 Å². The van der Waals surface area contributed by atoms with Crippen molar-refractivity contribution in [2.75, 3.05) is 0 Å². The molecule has 92 valence electrons. The Morgan fingerprint density at radius 2 is 1.82 bits per heavy atom. The van der Waals surface area contributed by atoms with Gasteiger partial charge < -0.3 is 10.4 Å². The molecule has 1 atom stereocenters. The number of hydrogen-bond donors (Lipinski definition) is 2. The van der Waals surface area contributed by atoms with Gasteiger partial charge in [-0.2, -0.15) is 0 Å². The van der Waals surface area contributed by atoms with Crippen LogP contribution in [0.15, 0.2) is 30.3 Å². The molecule has 17 heavy (non-hydrogen) atoms. The first-order valence-electron chi connectivity index (χ1n) is 5.58. The molecule has 0 spiro atoms. The minimum Gasteiger partial charge on any atom is -0.481 e. The molecule has 0 saturated carbocycles. The lowest BCUT2D eigenvalue weighted by atomic mass is 10.0. The lowest BCUT2D eigenvalue weighted by Crippen LogP contribution is -2.40. The molecular weight excluding hydrogens is 218 g/mol. The van der Waals surface area contributed by atoms with Crippen LogP contribution in [-0.2, 0) is 4.79 Å². The summed E-state index contributed by atoms with van der Waals surface area (Å²) in [6.45, 7) is 3.78. The van der Waals surface area contributed by atoms with Gasteiger partial charge in [0.2, 0.25) is 0 Å². The molecule has 1 rings (SSSR count). The number of amides is 1. The molecule has 0 aliphatic heterocycles.